The molecule has 1 aliphatic rings. The van der Waals surface area contributed by atoms with E-state index in [4.69, 9.17) is 23.9 Å². The van der Waals surface area contributed by atoms with Crippen molar-refractivity contribution in [3.8, 4) is 11.5 Å². The number of cyclic esters (lactones) is 2. The molecule has 0 bridgehead atoms. The number of carbonyl (C=O) groups excluding carboxylic acids is 2. The maximum Gasteiger partial charge on any atom is 0.331 e. The molecule has 0 N–H and O–H groups in total. The van der Waals surface area contributed by atoms with E-state index in [1.54, 1.807) is 46.3 Å². The molecule has 2 aromatic carbocycles. The van der Waals surface area contributed by atoms with Crippen molar-refractivity contribution in [1.29, 1.82) is 0 Å². The number of carbonyl (C=O) groups is 2. The Hall–Kier alpha value is -3.55. The SMILES string of the molecule is CCCCCC(C)N(Cc1ccc(C(C)(C)C)cc1)C(=Nc1ccc(OC)cc1OC)C1C(=O)OC(C)(C)OC1=O. The molecular weight excluding hydrogens is 520 g/mol. The number of ether oxygens (including phenoxy) is 4. The Bertz CT molecular complexity index is 1210. The van der Waals surface area contributed by atoms with Crippen LogP contribution in [0.15, 0.2) is 47.5 Å². The normalized spacial score (nSPS) is 16.6. The summed E-state index contributed by atoms with van der Waals surface area (Å²) < 4.78 is 22.1. The first kappa shape index (κ1) is 32.0. The Labute approximate surface area is 245 Å². The summed E-state index contributed by atoms with van der Waals surface area (Å²) in [6.45, 7) is 14.3. The number of unbranched alkanes of at least 4 members (excludes halogenated alkanes) is 2. The fraction of sp³-hybridized carbons (Fsp3) is 0.545. The Morgan fingerprint density at radius 1 is 1.00 bits per heavy atom. The van der Waals surface area contributed by atoms with Crippen LogP contribution in [-0.4, -0.2) is 48.7 Å². The molecule has 1 fully saturated rings. The van der Waals surface area contributed by atoms with Crippen LogP contribution in [0.25, 0.3) is 0 Å². The van der Waals surface area contributed by atoms with Gasteiger partial charge in [-0.1, -0.05) is 71.2 Å². The van der Waals surface area contributed by atoms with Crippen molar-refractivity contribution < 1.29 is 28.5 Å². The molecule has 0 saturated carbocycles. The van der Waals surface area contributed by atoms with Crippen LogP contribution in [-0.2, 0) is 31.0 Å². The molecule has 0 aromatic heterocycles. The molecule has 0 aliphatic carbocycles. The van der Waals surface area contributed by atoms with Gasteiger partial charge in [0.25, 0.3) is 5.79 Å². The van der Waals surface area contributed by atoms with Crippen molar-refractivity contribution >= 4 is 23.5 Å². The lowest BCUT2D eigenvalue weighted by Gasteiger charge is -2.39. The third kappa shape index (κ3) is 8.24. The molecule has 41 heavy (non-hydrogen) atoms. The van der Waals surface area contributed by atoms with E-state index in [1.165, 1.54) is 5.56 Å². The third-order valence-electron chi connectivity index (χ3n) is 7.27. The zero-order valence-electron chi connectivity index (χ0n) is 26.1. The molecule has 2 aromatic rings. The monoisotopic (exact) mass is 566 g/mol. The molecule has 224 valence electrons. The highest BCUT2D eigenvalue weighted by Gasteiger charge is 2.48. The number of nitrogens with zero attached hydrogens (tertiary/aromatic N) is 2. The van der Waals surface area contributed by atoms with Gasteiger partial charge in [-0.25, -0.2) is 4.99 Å². The van der Waals surface area contributed by atoms with Crippen LogP contribution in [0.5, 0.6) is 11.5 Å². The van der Waals surface area contributed by atoms with Gasteiger partial charge in [-0.3, -0.25) is 9.59 Å². The minimum absolute atomic E-state index is 0.0195. The quantitative estimate of drug-likeness (QED) is 0.0956. The second-order valence-electron chi connectivity index (χ2n) is 12.1. The average Bonchev–Trinajstić information content (AvgIpc) is 2.90. The first-order valence-electron chi connectivity index (χ1n) is 14.4. The molecule has 0 amide bonds. The summed E-state index contributed by atoms with van der Waals surface area (Å²) in [7, 11) is 3.12. The van der Waals surface area contributed by atoms with Crippen LogP contribution in [0.3, 0.4) is 0 Å². The second-order valence-corrected chi connectivity index (χ2v) is 12.1. The number of benzene rings is 2. The molecule has 1 unspecified atom stereocenters. The van der Waals surface area contributed by atoms with Gasteiger partial charge >= 0.3 is 11.9 Å². The summed E-state index contributed by atoms with van der Waals surface area (Å²) in [5.74, 6) is -2.76. The number of methoxy groups -OCH3 is 2. The molecule has 0 radical (unpaired) electrons. The fourth-order valence-corrected chi connectivity index (χ4v) is 4.84. The fourth-order valence-electron chi connectivity index (χ4n) is 4.84. The maximum absolute atomic E-state index is 13.4. The molecule has 1 heterocycles. The highest BCUT2D eigenvalue weighted by Crippen LogP contribution is 2.35. The summed E-state index contributed by atoms with van der Waals surface area (Å²) in [5.41, 5.74) is 2.74. The van der Waals surface area contributed by atoms with Gasteiger partial charge < -0.3 is 23.8 Å². The lowest BCUT2D eigenvalue weighted by molar-refractivity contribution is -0.236. The molecular formula is C33H46N2O6. The molecule has 8 heteroatoms. The van der Waals surface area contributed by atoms with E-state index in [-0.39, 0.29) is 17.3 Å². The number of aliphatic imine (C=N–C) groups is 1. The van der Waals surface area contributed by atoms with E-state index in [1.807, 2.05) is 4.90 Å². The second kappa shape index (κ2) is 13.4. The topological polar surface area (TPSA) is 86.7 Å². The van der Waals surface area contributed by atoms with Crippen molar-refractivity contribution in [3.63, 3.8) is 0 Å². The molecule has 1 aliphatic heterocycles. The van der Waals surface area contributed by atoms with Gasteiger partial charge in [0.05, 0.1) is 14.2 Å². The average molecular weight is 567 g/mol. The Morgan fingerprint density at radius 3 is 2.17 bits per heavy atom. The van der Waals surface area contributed by atoms with E-state index >= 15 is 0 Å². The Balaban J connectivity index is 2.17. The van der Waals surface area contributed by atoms with Gasteiger partial charge in [0, 0.05) is 32.5 Å². The first-order chi connectivity index (χ1) is 19.3. The number of esters is 2. The first-order valence-corrected chi connectivity index (χ1v) is 14.4. The van der Waals surface area contributed by atoms with Crippen LogP contribution >= 0.6 is 0 Å². The number of rotatable bonds is 11. The minimum Gasteiger partial charge on any atom is -0.497 e. The van der Waals surface area contributed by atoms with Gasteiger partial charge in [0.15, 0.2) is 0 Å². The Morgan fingerprint density at radius 2 is 1.63 bits per heavy atom. The molecule has 8 nitrogen and oxygen atoms in total. The number of hydrogen-bond acceptors (Lipinski definition) is 7. The minimum atomic E-state index is -1.35. The zero-order valence-corrected chi connectivity index (χ0v) is 26.1. The van der Waals surface area contributed by atoms with E-state index in [2.05, 4.69) is 58.9 Å². The van der Waals surface area contributed by atoms with Crippen LogP contribution in [0.2, 0.25) is 0 Å². The van der Waals surface area contributed by atoms with Gasteiger partial charge in [-0.15, -0.1) is 0 Å². The van der Waals surface area contributed by atoms with Crippen LogP contribution in [0.4, 0.5) is 5.69 Å². The molecule has 1 saturated heterocycles. The molecule has 0 spiro atoms. The van der Waals surface area contributed by atoms with Crippen molar-refractivity contribution in [2.24, 2.45) is 10.9 Å². The number of hydrogen-bond donors (Lipinski definition) is 0. The van der Waals surface area contributed by atoms with E-state index in [9.17, 15) is 9.59 Å². The summed E-state index contributed by atoms with van der Waals surface area (Å²) >= 11 is 0. The predicted octanol–water partition coefficient (Wildman–Crippen LogP) is 6.95. The molecule has 3 rings (SSSR count). The van der Waals surface area contributed by atoms with Crippen LogP contribution in [0.1, 0.15) is 85.3 Å². The van der Waals surface area contributed by atoms with Gasteiger partial charge in [0.1, 0.15) is 23.0 Å². The van der Waals surface area contributed by atoms with Crippen molar-refractivity contribution in [1.82, 2.24) is 4.90 Å². The highest BCUT2D eigenvalue weighted by atomic mass is 16.7. The van der Waals surface area contributed by atoms with Crippen LogP contribution < -0.4 is 9.47 Å². The van der Waals surface area contributed by atoms with Gasteiger partial charge in [0.2, 0.25) is 5.92 Å². The smallest absolute Gasteiger partial charge is 0.331 e. The zero-order chi connectivity index (χ0) is 30.4. The van der Waals surface area contributed by atoms with Crippen molar-refractivity contribution in [3.05, 3.63) is 53.6 Å². The van der Waals surface area contributed by atoms with E-state index in [0.717, 1.165) is 31.2 Å². The summed E-state index contributed by atoms with van der Waals surface area (Å²) in [4.78, 5) is 33.8. The predicted molar refractivity (Wildman–Crippen MR) is 161 cm³/mol. The summed E-state index contributed by atoms with van der Waals surface area (Å²) in [5, 5.41) is 0. The highest BCUT2D eigenvalue weighted by molar-refractivity contribution is 6.17. The van der Waals surface area contributed by atoms with Crippen molar-refractivity contribution in [2.45, 2.75) is 97.9 Å². The standard InChI is InChI=1S/C33H46N2O6/c1-10-11-12-13-22(2)35(21-23-14-16-24(17-15-23)32(3,4)5)29(28-30(36)40-33(6,7)41-31(28)37)34-26-19-18-25(38-8)20-27(26)39-9/h14-20,22,28H,10-13,21H2,1-9H3. The summed E-state index contributed by atoms with van der Waals surface area (Å²) in [6, 6.07) is 13.6. The number of amidine groups is 1. The Kier molecular flexibility index (Phi) is 10.5. The molecule has 1 atom stereocenters. The van der Waals surface area contributed by atoms with Gasteiger partial charge in [-0.05, 0) is 42.0 Å². The third-order valence-corrected chi connectivity index (χ3v) is 7.27. The largest absolute Gasteiger partial charge is 0.497 e. The summed E-state index contributed by atoms with van der Waals surface area (Å²) in [6.07, 6.45) is 4.03. The van der Waals surface area contributed by atoms with E-state index < -0.39 is 23.6 Å². The van der Waals surface area contributed by atoms with Crippen LogP contribution in [0, 0.1) is 5.92 Å². The van der Waals surface area contributed by atoms with Gasteiger partial charge in [-0.2, -0.15) is 0 Å². The lowest BCUT2D eigenvalue weighted by atomic mass is 9.86. The maximum atomic E-state index is 13.4. The van der Waals surface area contributed by atoms with Crippen molar-refractivity contribution in [2.75, 3.05) is 14.2 Å². The lowest BCUT2D eigenvalue weighted by Crippen LogP contribution is -2.54. The van der Waals surface area contributed by atoms with E-state index in [0.29, 0.717) is 23.7 Å².